The molecule has 1 aromatic heterocycles. The van der Waals surface area contributed by atoms with Crippen LogP contribution in [0.5, 0.6) is 0 Å². The van der Waals surface area contributed by atoms with E-state index >= 15 is 0 Å². The lowest BCUT2D eigenvalue weighted by Gasteiger charge is -2.38. The third-order valence-corrected chi connectivity index (χ3v) is 3.47. The van der Waals surface area contributed by atoms with Crippen molar-refractivity contribution in [2.45, 2.75) is 32.0 Å². The maximum Gasteiger partial charge on any atom is 0.141 e. The molecule has 2 N–H and O–H groups in total. The minimum atomic E-state index is -0.295. The summed E-state index contributed by atoms with van der Waals surface area (Å²) in [5, 5.41) is 0. The van der Waals surface area contributed by atoms with Gasteiger partial charge in [0.15, 0.2) is 0 Å². The third kappa shape index (κ3) is 3.04. The first-order valence-corrected chi connectivity index (χ1v) is 6.29. The molecule has 1 fully saturated rings. The van der Waals surface area contributed by atoms with Gasteiger partial charge in [-0.25, -0.2) is 4.39 Å². The minimum absolute atomic E-state index is 0.00522. The summed E-state index contributed by atoms with van der Waals surface area (Å²) in [5.41, 5.74) is 6.76. The van der Waals surface area contributed by atoms with Crippen LogP contribution in [0.4, 0.5) is 4.39 Å². The van der Waals surface area contributed by atoms with Crippen molar-refractivity contribution >= 4 is 0 Å². The van der Waals surface area contributed by atoms with Gasteiger partial charge in [-0.15, -0.1) is 0 Å². The van der Waals surface area contributed by atoms with Gasteiger partial charge < -0.3 is 10.5 Å². The molecule has 100 valence electrons. The fourth-order valence-electron chi connectivity index (χ4n) is 2.23. The lowest BCUT2D eigenvalue weighted by molar-refractivity contribution is -0.0499. The molecular weight excluding hydrogens is 233 g/mol. The average Bonchev–Trinajstić information content (AvgIpc) is 2.38. The Morgan fingerprint density at radius 1 is 1.50 bits per heavy atom. The highest BCUT2D eigenvalue weighted by Crippen LogP contribution is 2.22. The fourth-order valence-corrected chi connectivity index (χ4v) is 2.23. The van der Waals surface area contributed by atoms with E-state index in [4.69, 9.17) is 10.5 Å². The van der Waals surface area contributed by atoms with Gasteiger partial charge in [0.25, 0.3) is 0 Å². The van der Waals surface area contributed by atoms with Gasteiger partial charge in [-0.2, -0.15) is 0 Å². The molecule has 0 aliphatic carbocycles. The van der Waals surface area contributed by atoms with Crippen LogP contribution in [0.3, 0.4) is 0 Å². The summed E-state index contributed by atoms with van der Waals surface area (Å²) in [7, 11) is 0. The molecule has 0 amide bonds. The summed E-state index contributed by atoms with van der Waals surface area (Å²) in [6.45, 7) is 6.28. The Morgan fingerprint density at radius 3 is 2.94 bits per heavy atom. The minimum Gasteiger partial charge on any atom is -0.374 e. The Bertz CT molecular complexity index is 400. The average molecular weight is 253 g/mol. The summed E-state index contributed by atoms with van der Waals surface area (Å²) >= 11 is 0. The molecule has 0 spiro atoms. The summed E-state index contributed by atoms with van der Waals surface area (Å²) in [6.07, 6.45) is 2.98. The number of rotatable bonds is 3. The molecule has 18 heavy (non-hydrogen) atoms. The summed E-state index contributed by atoms with van der Waals surface area (Å²) in [4.78, 5) is 6.15. The van der Waals surface area contributed by atoms with Crippen LogP contribution in [-0.4, -0.2) is 41.7 Å². The molecule has 5 heteroatoms. The number of hydrogen-bond donors (Lipinski definition) is 1. The molecular formula is C13H20FN3O. The van der Waals surface area contributed by atoms with E-state index in [1.54, 1.807) is 6.20 Å². The second-order valence-electron chi connectivity index (χ2n) is 4.88. The van der Waals surface area contributed by atoms with Crippen molar-refractivity contribution in [2.24, 2.45) is 5.73 Å². The topological polar surface area (TPSA) is 51.4 Å². The van der Waals surface area contributed by atoms with Gasteiger partial charge in [0.05, 0.1) is 18.9 Å². The molecule has 2 rings (SSSR count). The van der Waals surface area contributed by atoms with Gasteiger partial charge in [-0.05, 0) is 25.5 Å². The largest absolute Gasteiger partial charge is 0.374 e. The Kier molecular flexibility index (Phi) is 4.27. The van der Waals surface area contributed by atoms with E-state index in [-0.39, 0.29) is 24.0 Å². The number of hydrogen-bond acceptors (Lipinski definition) is 4. The fraction of sp³-hybridized carbons (Fsp3) is 0.615. The van der Waals surface area contributed by atoms with Crippen LogP contribution in [0.1, 0.15) is 25.5 Å². The van der Waals surface area contributed by atoms with E-state index < -0.39 is 0 Å². The zero-order chi connectivity index (χ0) is 13.1. The van der Waals surface area contributed by atoms with E-state index in [0.717, 1.165) is 18.7 Å². The van der Waals surface area contributed by atoms with Crippen LogP contribution in [-0.2, 0) is 4.74 Å². The smallest absolute Gasteiger partial charge is 0.141 e. The molecule has 0 bridgehead atoms. The molecule has 0 radical (unpaired) electrons. The molecule has 1 aliphatic rings. The van der Waals surface area contributed by atoms with Gasteiger partial charge in [-0.3, -0.25) is 9.88 Å². The Balaban J connectivity index is 2.06. The number of aromatic nitrogens is 1. The van der Waals surface area contributed by atoms with Crippen LogP contribution in [0.15, 0.2) is 18.5 Å². The summed E-state index contributed by atoms with van der Waals surface area (Å²) in [5.74, 6) is -0.295. The number of ether oxygens (including phenoxy) is 1. The predicted molar refractivity (Wildman–Crippen MR) is 67.6 cm³/mol. The van der Waals surface area contributed by atoms with Gasteiger partial charge >= 0.3 is 0 Å². The lowest BCUT2D eigenvalue weighted by Crippen LogP contribution is -2.50. The third-order valence-electron chi connectivity index (χ3n) is 3.47. The van der Waals surface area contributed by atoms with Crippen molar-refractivity contribution in [1.29, 1.82) is 0 Å². The van der Waals surface area contributed by atoms with Crippen LogP contribution in [0.25, 0.3) is 0 Å². The van der Waals surface area contributed by atoms with Crippen LogP contribution in [0.2, 0.25) is 0 Å². The Hall–Kier alpha value is -1.04. The zero-order valence-electron chi connectivity index (χ0n) is 10.8. The van der Waals surface area contributed by atoms with Crippen molar-refractivity contribution in [2.75, 3.05) is 19.7 Å². The molecule has 2 heterocycles. The lowest BCUT2D eigenvalue weighted by atomic mass is 10.1. The highest BCUT2D eigenvalue weighted by atomic mass is 19.1. The first-order valence-electron chi connectivity index (χ1n) is 6.29. The highest BCUT2D eigenvalue weighted by molar-refractivity contribution is 5.14. The molecule has 4 nitrogen and oxygen atoms in total. The number of halogens is 1. The van der Waals surface area contributed by atoms with Gasteiger partial charge in [0, 0.05) is 31.4 Å². The van der Waals surface area contributed by atoms with Crippen molar-refractivity contribution in [3.8, 4) is 0 Å². The predicted octanol–water partition coefficient (Wildman–Crippen LogP) is 1.33. The van der Waals surface area contributed by atoms with Gasteiger partial charge in [-0.1, -0.05) is 0 Å². The maximum atomic E-state index is 13.2. The summed E-state index contributed by atoms with van der Waals surface area (Å²) in [6, 6.07) is 1.66. The number of nitrogens with zero attached hydrogens (tertiary/aromatic N) is 2. The normalized spacial score (nSPS) is 24.8. The number of pyridine rings is 1. The Morgan fingerprint density at radius 2 is 2.28 bits per heavy atom. The van der Waals surface area contributed by atoms with E-state index in [0.29, 0.717) is 6.61 Å². The second-order valence-corrected chi connectivity index (χ2v) is 4.88. The molecule has 0 saturated carbocycles. The zero-order valence-corrected chi connectivity index (χ0v) is 10.8. The number of nitrogens with two attached hydrogens (primary N) is 1. The van der Waals surface area contributed by atoms with Crippen molar-refractivity contribution in [3.05, 3.63) is 29.8 Å². The Labute approximate surface area is 107 Å². The van der Waals surface area contributed by atoms with E-state index in [2.05, 4.69) is 16.8 Å². The molecule has 3 atom stereocenters. The summed E-state index contributed by atoms with van der Waals surface area (Å²) < 4.78 is 18.8. The van der Waals surface area contributed by atoms with Crippen molar-refractivity contribution in [3.63, 3.8) is 0 Å². The second kappa shape index (κ2) is 5.73. The molecule has 1 aliphatic heterocycles. The van der Waals surface area contributed by atoms with Gasteiger partial charge in [0.2, 0.25) is 0 Å². The SMILES string of the molecule is CC(N)C1CN(C(C)c2cncc(F)c2)CCO1. The molecule has 3 unspecified atom stereocenters. The van der Waals surface area contributed by atoms with Crippen LogP contribution in [0, 0.1) is 5.82 Å². The highest BCUT2D eigenvalue weighted by Gasteiger charge is 2.27. The standard InChI is InChI=1S/C13H20FN3O/c1-9(15)13-8-17(3-4-18-13)10(2)11-5-12(14)7-16-6-11/h5-7,9-10,13H,3-4,8,15H2,1-2H3. The van der Waals surface area contributed by atoms with Gasteiger partial charge in [0.1, 0.15) is 5.82 Å². The first-order chi connectivity index (χ1) is 8.58. The monoisotopic (exact) mass is 253 g/mol. The van der Waals surface area contributed by atoms with E-state index in [9.17, 15) is 4.39 Å². The van der Waals surface area contributed by atoms with E-state index in [1.165, 1.54) is 12.3 Å². The van der Waals surface area contributed by atoms with E-state index in [1.807, 2.05) is 6.92 Å². The maximum absolute atomic E-state index is 13.2. The first kappa shape index (κ1) is 13.4. The molecule has 1 saturated heterocycles. The number of morpholine rings is 1. The van der Waals surface area contributed by atoms with Crippen molar-refractivity contribution in [1.82, 2.24) is 9.88 Å². The quantitative estimate of drug-likeness (QED) is 0.883. The van der Waals surface area contributed by atoms with Crippen LogP contribution < -0.4 is 5.73 Å². The molecule has 1 aromatic rings. The van der Waals surface area contributed by atoms with Crippen LogP contribution >= 0.6 is 0 Å². The molecule has 0 aromatic carbocycles. The van der Waals surface area contributed by atoms with Crippen molar-refractivity contribution < 1.29 is 9.13 Å².